The van der Waals surface area contributed by atoms with Crippen molar-refractivity contribution in [1.82, 2.24) is 0 Å². The molecule has 0 saturated carbocycles. The molecule has 2 aromatic carbocycles. The van der Waals surface area contributed by atoms with Crippen molar-refractivity contribution in [1.29, 1.82) is 0 Å². The van der Waals surface area contributed by atoms with Crippen molar-refractivity contribution in [3.05, 3.63) is 52.2 Å². The lowest BCUT2D eigenvalue weighted by atomic mass is 10.1. The molecule has 0 atom stereocenters. The molecular weight excluding hydrogens is 274 g/mol. The van der Waals surface area contributed by atoms with Crippen LogP contribution in [0.25, 0.3) is 20.2 Å². The lowest BCUT2D eigenvalue weighted by Gasteiger charge is -2.04. The van der Waals surface area contributed by atoms with Gasteiger partial charge in [-0.1, -0.05) is 0 Å². The fourth-order valence-corrected chi connectivity index (χ4v) is 3.23. The Morgan fingerprint density at radius 3 is 2.60 bits per heavy atom. The fourth-order valence-electron chi connectivity index (χ4n) is 2.14. The zero-order valence-electron chi connectivity index (χ0n) is 10.6. The van der Waals surface area contributed by atoms with E-state index in [2.05, 4.69) is 5.32 Å². The van der Waals surface area contributed by atoms with Gasteiger partial charge in [0.2, 0.25) is 0 Å². The second-order valence-electron chi connectivity index (χ2n) is 4.41. The van der Waals surface area contributed by atoms with Crippen molar-refractivity contribution in [3.8, 4) is 0 Å². The van der Waals surface area contributed by atoms with Crippen LogP contribution in [0.1, 0.15) is 10.4 Å². The van der Waals surface area contributed by atoms with Gasteiger partial charge in [0.1, 0.15) is 0 Å². The molecule has 0 unspecified atom stereocenters. The van der Waals surface area contributed by atoms with Crippen LogP contribution in [-0.2, 0) is 0 Å². The van der Waals surface area contributed by atoms with Crippen molar-refractivity contribution in [3.63, 3.8) is 0 Å². The average molecular weight is 285 g/mol. The molecule has 0 amide bonds. The number of anilines is 1. The molecule has 0 fully saturated rings. The molecule has 5 heteroatoms. The van der Waals surface area contributed by atoms with Crippen molar-refractivity contribution < 1.29 is 9.90 Å². The summed E-state index contributed by atoms with van der Waals surface area (Å²) in [5.74, 6) is -0.989. The van der Waals surface area contributed by atoms with E-state index in [9.17, 15) is 9.59 Å². The smallest absolute Gasteiger partial charge is 0.335 e. The van der Waals surface area contributed by atoms with E-state index in [1.807, 2.05) is 18.2 Å². The van der Waals surface area contributed by atoms with Crippen molar-refractivity contribution in [2.75, 3.05) is 12.4 Å². The molecule has 0 saturated heterocycles. The number of aromatic carboxylic acids is 1. The second kappa shape index (κ2) is 4.61. The number of nitrogens with one attached hydrogen (secondary N) is 1. The van der Waals surface area contributed by atoms with Crippen molar-refractivity contribution in [2.24, 2.45) is 0 Å². The normalized spacial score (nSPS) is 10.8. The first-order valence-corrected chi connectivity index (χ1v) is 6.83. The minimum Gasteiger partial charge on any atom is -0.478 e. The van der Waals surface area contributed by atoms with Crippen molar-refractivity contribution >= 4 is 43.2 Å². The Hall–Kier alpha value is -2.40. The number of carbonyl (C=O) groups is 1. The van der Waals surface area contributed by atoms with Gasteiger partial charge in [-0.05, 0) is 36.4 Å². The van der Waals surface area contributed by atoms with Crippen LogP contribution in [0.4, 0.5) is 5.69 Å². The van der Waals surface area contributed by atoms with Crippen LogP contribution in [0.2, 0.25) is 0 Å². The molecule has 0 aliphatic rings. The van der Waals surface area contributed by atoms with Crippen LogP contribution in [0.3, 0.4) is 0 Å². The largest absolute Gasteiger partial charge is 0.478 e. The maximum atomic E-state index is 12.5. The quantitative estimate of drug-likeness (QED) is 0.710. The predicted molar refractivity (Wildman–Crippen MR) is 82.1 cm³/mol. The zero-order chi connectivity index (χ0) is 14.3. The summed E-state index contributed by atoms with van der Waals surface area (Å²) in [5, 5.41) is 13.2. The first-order chi connectivity index (χ1) is 9.60. The van der Waals surface area contributed by atoms with Gasteiger partial charge in [-0.2, -0.15) is 0 Å². The van der Waals surface area contributed by atoms with Gasteiger partial charge in [-0.3, -0.25) is 4.79 Å². The van der Waals surface area contributed by atoms with Gasteiger partial charge < -0.3 is 10.4 Å². The molecule has 0 aliphatic carbocycles. The first kappa shape index (κ1) is 12.6. The number of hydrogen-bond acceptors (Lipinski definition) is 4. The summed E-state index contributed by atoms with van der Waals surface area (Å²) in [6, 6.07) is 10.2. The molecule has 0 spiro atoms. The minimum absolute atomic E-state index is 0.0669. The third-order valence-corrected chi connectivity index (χ3v) is 4.34. The molecule has 3 rings (SSSR count). The average Bonchev–Trinajstić information content (AvgIpc) is 2.46. The Morgan fingerprint density at radius 1 is 1.10 bits per heavy atom. The van der Waals surface area contributed by atoms with E-state index in [4.69, 9.17) is 5.11 Å². The highest BCUT2D eigenvalue weighted by atomic mass is 32.1. The lowest BCUT2D eigenvalue weighted by molar-refractivity contribution is 0.0697. The minimum atomic E-state index is -0.989. The Balaban J connectivity index is 2.40. The van der Waals surface area contributed by atoms with Gasteiger partial charge in [0.05, 0.1) is 5.56 Å². The molecule has 1 heterocycles. The lowest BCUT2D eigenvalue weighted by Crippen LogP contribution is -2.03. The van der Waals surface area contributed by atoms with Crippen molar-refractivity contribution in [2.45, 2.75) is 0 Å². The summed E-state index contributed by atoms with van der Waals surface area (Å²) in [5.41, 5.74) is 1.01. The number of hydrogen-bond donors (Lipinski definition) is 2. The monoisotopic (exact) mass is 285 g/mol. The fraction of sp³-hybridized carbons (Fsp3) is 0.0667. The Morgan fingerprint density at radius 2 is 1.90 bits per heavy atom. The van der Waals surface area contributed by atoms with Gasteiger partial charge in [-0.25, -0.2) is 4.79 Å². The molecule has 2 N–H and O–H groups in total. The highest BCUT2D eigenvalue weighted by Gasteiger charge is 2.09. The predicted octanol–water partition coefficient (Wildman–Crippen LogP) is 3.15. The number of rotatable bonds is 2. The molecule has 0 radical (unpaired) electrons. The third-order valence-electron chi connectivity index (χ3n) is 3.21. The van der Waals surface area contributed by atoms with E-state index in [1.165, 1.54) is 17.4 Å². The van der Waals surface area contributed by atoms with Crippen LogP contribution in [0.5, 0.6) is 0 Å². The molecule has 0 bridgehead atoms. The van der Waals surface area contributed by atoms with Crippen LogP contribution >= 0.6 is 11.3 Å². The number of fused-ring (bicyclic) bond motifs is 2. The van der Waals surface area contributed by atoms with Crippen LogP contribution in [0, 0.1) is 0 Å². The third kappa shape index (κ3) is 1.92. The highest BCUT2D eigenvalue weighted by molar-refractivity contribution is 7.24. The van der Waals surface area contributed by atoms with Gasteiger partial charge in [-0.15, -0.1) is 11.3 Å². The second-order valence-corrected chi connectivity index (χ2v) is 5.49. The standard InChI is InChI=1S/C15H11NO3S/c1-16-9-3-5-12-11(7-9)14(17)10-4-2-8(15(18)19)6-13(10)20-12/h2-7,16H,1H3,(H,18,19). The van der Waals surface area contributed by atoms with Gasteiger partial charge in [0.15, 0.2) is 5.43 Å². The van der Waals surface area contributed by atoms with Gasteiger partial charge in [0, 0.05) is 32.9 Å². The molecule has 100 valence electrons. The molecule has 0 aliphatic heterocycles. The Kier molecular flexibility index (Phi) is 2.91. The van der Waals surface area contributed by atoms with E-state index in [1.54, 1.807) is 19.2 Å². The Bertz CT molecular complexity index is 899. The molecule has 20 heavy (non-hydrogen) atoms. The van der Waals surface area contributed by atoms with Gasteiger partial charge >= 0.3 is 5.97 Å². The molecular formula is C15H11NO3S. The number of carboxylic acid groups (broad SMARTS) is 1. The highest BCUT2D eigenvalue weighted by Crippen LogP contribution is 2.27. The SMILES string of the molecule is CNc1ccc2sc3cc(C(=O)O)ccc3c(=O)c2c1. The maximum Gasteiger partial charge on any atom is 0.335 e. The summed E-state index contributed by atoms with van der Waals surface area (Å²) in [7, 11) is 1.80. The summed E-state index contributed by atoms with van der Waals surface area (Å²) < 4.78 is 1.55. The molecule has 4 nitrogen and oxygen atoms in total. The van der Waals surface area contributed by atoms with E-state index in [0.29, 0.717) is 15.5 Å². The molecule has 1 aromatic heterocycles. The van der Waals surface area contributed by atoms with Gasteiger partial charge in [0.25, 0.3) is 0 Å². The summed E-state index contributed by atoms with van der Waals surface area (Å²) >= 11 is 1.43. The van der Waals surface area contributed by atoms with Crippen LogP contribution < -0.4 is 10.7 Å². The van der Waals surface area contributed by atoms with E-state index in [0.717, 1.165) is 10.4 Å². The summed E-state index contributed by atoms with van der Waals surface area (Å²) in [6.45, 7) is 0. The zero-order valence-corrected chi connectivity index (χ0v) is 11.5. The summed E-state index contributed by atoms with van der Waals surface area (Å²) in [4.78, 5) is 23.5. The van der Waals surface area contributed by atoms with Crippen LogP contribution in [0.15, 0.2) is 41.2 Å². The molecule has 3 aromatic rings. The topological polar surface area (TPSA) is 66.4 Å². The number of benzene rings is 2. The van der Waals surface area contributed by atoms with E-state index < -0.39 is 5.97 Å². The van der Waals surface area contributed by atoms with E-state index >= 15 is 0 Å². The summed E-state index contributed by atoms with van der Waals surface area (Å²) in [6.07, 6.45) is 0. The van der Waals surface area contributed by atoms with E-state index in [-0.39, 0.29) is 11.0 Å². The first-order valence-electron chi connectivity index (χ1n) is 6.02. The maximum absolute atomic E-state index is 12.5. The van der Waals surface area contributed by atoms with Crippen LogP contribution in [-0.4, -0.2) is 18.1 Å². The Labute approximate surface area is 118 Å². The number of carboxylic acids is 1.